The molecule has 0 fully saturated rings. The fourth-order valence-electron chi connectivity index (χ4n) is 2.52. The number of hydrogen-bond donors (Lipinski definition) is 2. The van der Waals surface area contributed by atoms with Crippen molar-refractivity contribution in [3.8, 4) is 11.5 Å². The van der Waals surface area contributed by atoms with Crippen LogP contribution in [-0.2, 0) is 18.2 Å². The van der Waals surface area contributed by atoms with Gasteiger partial charge in [0.05, 0.1) is 13.2 Å². The minimum atomic E-state index is -4.17. The Kier molecular flexibility index (Phi) is 23.2. The SMILES string of the molecule is C=C.C=C.CCCCCCCCOP(=O)(Oc1ccccc1)Oc1ccccc1.CCOP(=O)(O)O. The van der Waals surface area contributed by atoms with Gasteiger partial charge in [-0.1, -0.05) is 75.4 Å². The molecule has 0 saturated carbocycles. The monoisotopic (exact) mass is 544 g/mol. The molecule has 0 radical (unpaired) electrons. The zero-order valence-electron chi connectivity index (χ0n) is 21.5. The van der Waals surface area contributed by atoms with E-state index in [9.17, 15) is 9.13 Å². The van der Waals surface area contributed by atoms with Crippen molar-refractivity contribution in [3.05, 3.63) is 87.0 Å². The van der Waals surface area contributed by atoms with Gasteiger partial charge in [0.15, 0.2) is 0 Å². The number of hydrogen-bond acceptors (Lipinski definition) is 6. The molecule has 36 heavy (non-hydrogen) atoms. The molecule has 0 aliphatic carbocycles. The molecule has 0 heterocycles. The van der Waals surface area contributed by atoms with Gasteiger partial charge in [0.2, 0.25) is 0 Å². The predicted molar refractivity (Wildman–Crippen MR) is 147 cm³/mol. The number of phosphoric ester groups is 2. The van der Waals surface area contributed by atoms with E-state index in [-0.39, 0.29) is 6.61 Å². The van der Waals surface area contributed by atoms with E-state index in [1.54, 1.807) is 24.3 Å². The Morgan fingerprint density at radius 2 is 1.08 bits per heavy atom. The lowest BCUT2D eigenvalue weighted by Crippen LogP contribution is -2.06. The first kappa shape index (κ1) is 36.0. The van der Waals surface area contributed by atoms with Crippen LogP contribution in [0.25, 0.3) is 0 Å². The van der Waals surface area contributed by atoms with Crippen molar-refractivity contribution in [1.29, 1.82) is 0 Å². The molecule has 0 aliphatic heterocycles. The Balaban J connectivity index is 0. The summed E-state index contributed by atoms with van der Waals surface area (Å²) in [6, 6.07) is 17.9. The van der Waals surface area contributed by atoms with Gasteiger partial charge in [-0.15, -0.1) is 26.3 Å². The first-order valence-electron chi connectivity index (χ1n) is 11.7. The quantitative estimate of drug-likeness (QED) is 0.139. The summed E-state index contributed by atoms with van der Waals surface area (Å²) in [5.74, 6) is 0.925. The Labute approximate surface area is 216 Å². The number of unbranched alkanes of at least 4 members (excludes halogenated alkanes) is 5. The predicted octanol–water partition coefficient (Wildman–Crippen LogP) is 8.35. The van der Waals surface area contributed by atoms with Gasteiger partial charge in [0, 0.05) is 0 Å². The standard InChI is InChI=1S/C20H27O4P.C2H7O4P.2C2H4/c1-2-3-4-5-6-13-18-22-25(21,23-19-14-9-7-10-15-19)24-20-16-11-8-12-17-20;1-2-6-7(3,4)5;2*1-2/h7-12,14-17H,2-6,13,18H2,1H3;2H2,1H3,(H2,3,4,5);2*1-2H2. The van der Waals surface area contributed by atoms with Crippen molar-refractivity contribution in [3.63, 3.8) is 0 Å². The summed E-state index contributed by atoms with van der Waals surface area (Å²) in [4.78, 5) is 15.8. The Bertz CT molecular complexity index is 796. The van der Waals surface area contributed by atoms with Gasteiger partial charge in [-0.2, -0.15) is 0 Å². The van der Waals surface area contributed by atoms with Gasteiger partial charge in [-0.25, -0.2) is 9.13 Å². The number of phosphoric acid groups is 2. The third kappa shape index (κ3) is 21.1. The molecule has 0 spiro atoms. The fraction of sp³-hybridized carbons (Fsp3) is 0.385. The third-order valence-corrected chi connectivity index (χ3v) is 5.93. The van der Waals surface area contributed by atoms with Crippen molar-refractivity contribution in [2.24, 2.45) is 0 Å². The highest BCUT2D eigenvalue weighted by Gasteiger charge is 2.30. The van der Waals surface area contributed by atoms with Gasteiger partial charge in [0.25, 0.3) is 0 Å². The topological polar surface area (TPSA) is 112 Å². The van der Waals surface area contributed by atoms with Crippen LogP contribution in [0.5, 0.6) is 11.5 Å². The average Bonchev–Trinajstić information content (AvgIpc) is 2.87. The number of para-hydroxylation sites is 2. The summed E-state index contributed by atoms with van der Waals surface area (Å²) in [5, 5.41) is 0. The van der Waals surface area contributed by atoms with E-state index in [4.69, 9.17) is 23.4 Å². The maximum absolute atomic E-state index is 13.0. The molecule has 2 aromatic carbocycles. The largest absolute Gasteiger partial charge is 0.587 e. The van der Waals surface area contributed by atoms with Gasteiger partial charge < -0.3 is 18.8 Å². The van der Waals surface area contributed by atoms with Crippen LogP contribution in [0.1, 0.15) is 52.4 Å². The molecule has 10 heteroatoms. The van der Waals surface area contributed by atoms with Crippen LogP contribution in [-0.4, -0.2) is 23.0 Å². The normalized spacial score (nSPS) is 10.3. The third-order valence-electron chi connectivity index (χ3n) is 3.97. The molecule has 2 aromatic rings. The molecule has 204 valence electrons. The average molecular weight is 545 g/mol. The number of rotatable bonds is 14. The van der Waals surface area contributed by atoms with Crippen molar-refractivity contribution < 1.29 is 37.0 Å². The molecule has 2 N–H and O–H groups in total. The second-order valence-electron chi connectivity index (χ2n) is 6.77. The summed E-state index contributed by atoms with van der Waals surface area (Å²) in [6.45, 7) is 16.1. The smallest absolute Gasteiger partial charge is 0.395 e. The highest BCUT2D eigenvalue weighted by Crippen LogP contribution is 2.49. The van der Waals surface area contributed by atoms with E-state index in [1.165, 1.54) is 32.6 Å². The summed E-state index contributed by atoms with van der Waals surface area (Å²) in [5.41, 5.74) is 0. The Morgan fingerprint density at radius 3 is 1.44 bits per heavy atom. The minimum Gasteiger partial charge on any atom is -0.395 e. The molecule has 0 bridgehead atoms. The van der Waals surface area contributed by atoms with Crippen molar-refractivity contribution >= 4 is 15.6 Å². The zero-order valence-corrected chi connectivity index (χ0v) is 23.3. The Morgan fingerprint density at radius 1 is 0.667 bits per heavy atom. The second-order valence-corrected chi connectivity index (χ2v) is 9.52. The van der Waals surface area contributed by atoms with E-state index in [0.717, 1.165) is 12.8 Å². The molecule has 8 nitrogen and oxygen atoms in total. The molecule has 0 atom stereocenters. The first-order chi connectivity index (χ1) is 17.3. The van der Waals surface area contributed by atoms with Crippen LogP contribution >= 0.6 is 15.6 Å². The lowest BCUT2D eigenvalue weighted by Gasteiger charge is -2.19. The fourth-order valence-corrected chi connectivity index (χ4v) is 4.11. The summed E-state index contributed by atoms with van der Waals surface area (Å²) < 4.78 is 43.3. The lowest BCUT2D eigenvalue weighted by atomic mass is 10.1. The van der Waals surface area contributed by atoms with Crippen LogP contribution in [0.15, 0.2) is 87.0 Å². The van der Waals surface area contributed by atoms with Crippen LogP contribution in [0.2, 0.25) is 0 Å². The minimum absolute atomic E-state index is 0.0459. The summed E-state index contributed by atoms with van der Waals surface area (Å²) in [7, 11) is -7.89. The second kappa shape index (κ2) is 23.2. The highest BCUT2D eigenvalue weighted by atomic mass is 31.2. The molecule has 0 aromatic heterocycles. The van der Waals surface area contributed by atoms with Gasteiger partial charge in [-0.3, -0.25) is 9.05 Å². The van der Waals surface area contributed by atoms with Gasteiger partial charge in [-0.05, 0) is 37.6 Å². The number of benzene rings is 2. The molecule has 0 unspecified atom stereocenters. The van der Waals surface area contributed by atoms with E-state index < -0.39 is 15.6 Å². The molecule has 0 saturated heterocycles. The van der Waals surface area contributed by atoms with Crippen LogP contribution < -0.4 is 9.05 Å². The lowest BCUT2D eigenvalue weighted by molar-refractivity contribution is 0.204. The summed E-state index contributed by atoms with van der Waals surface area (Å²) in [6.07, 6.45) is 6.77. The molecule has 2 rings (SSSR count). The van der Waals surface area contributed by atoms with Gasteiger partial charge >= 0.3 is 15.6 Å². The van der Waals surface area contributed by atoms with E-state index in [1.807, 2.05) is 36.4 Å². The molecular weight excluding hydrogens is 502 g/mol. The molecular formula is C26H42O8P2. The zero-order chi connectivity index (χ0) is 27.7. The van der Waals surface area contributed by atoms with Gasteiger partial charge in [0.1, 0.15) is 11.5 Å². The molecule has 0 amide bonds. The Hall–Kier alpha value is -2.18. The first-order valence-corrected chi connectivity index (χ1v) is 14.7. The van der Waals surface area contributed by atoms with Crippen molar-refractivity contribution in [1.82, 2.24) is 0 Å². The van der Waals surface area contributed by atoms with E-state index in [0.29, 0.717) is 18.1 Å². The van der Waals surface area contributed by atoms with Crippen LogP contribution in [0.4, 0.5) is 0 Å². The van der Waals surface area contributed by atoms with Crippen molar-refractivity contribution in [2.45, 2.75) is 52.4 Å². The van der Waals surface area contributed by atoms with E-state index >= 15 is 0 Å². The van der Waals surface area contributed by atoms with Crippen molar-refractivity contribution in [2.75, 3.05) is 13.2 Å². The summed E-state index contributed by atoms with van der Waals surface area (Å²) >= 11 is 0. The highest BCUT2D eigenvalue weighted by molar-refractivity contribution is 7.49. The molecule has 0 aliphatic rings. The van der Waals surface area contributed by atoms with Crippen LogP contribution in [0.3, 0.4) is 0 Å². The maximum atomic E-state index is 13.0. The maximum Gasteiger partial charge on any atom is 0.587 e. The van der Waals surface area contributed by atoms with E-state index in [2.05, 4.69) is 37.8 Å². The van der Waals surface area contributed by atoms with Crippen LogP contribution in [0, 0.1) is 0 Å².